The van der Waals surface area contributed by atoms with Gasteiger partial charge in [0.05, 0.1) is 0 Å². The Morgan fingerprint density at radius 3 is 2.28 bits per heavy atom. The molecule has 1 aliphatic carbocycles. The van der Waals surface area contributed by atoms with Crippen molar-refractivity contribution in [1.82, 2.24) is 4.72 Å². The quantitative estimate of drug-likeness (QED) is 0.821. The molecule has 3 N–H and O–H groups in total. The molecule has 0 radical (unpaired) electrons. The first-order chi connectivity index (χ1) is 8.40. The molecule has 7 heteroatoms. The van der Waals surface area contributed by atoms with Gasteiger partial charge in [0.25, 0.3) is 0 Å². The van der Waals surface area contributed by atoms with Crippen LogP contribution >= 0.6 is 0 Å². The van der Waals surface area contributed by atoms with Crippen LogP contribution in [0.3, 0.4) is 0 Å². The lowest BCUT2D eigenvalue weighted by molar-refractivity contribution is 0.316. The van der Waals surface area contributed by atoms with Crippen molar-refractivity contribution in [2.45, 2.75) is 24.2 Å². The van der Waals surface area contributed by atoms with Crippen LogP contribution in [-0.2, 0) is 10.0 Å². The Morgan fingerprint density at radius 2 is 1.83 bits per heavy atom. The van der Waals surface area contributed by atoms with Gasteiger partial charge in [0.15, 0.2) is 4.90 Å². The minimum absolute atomic E-state index is 0.150. The number of hydrogen-bond acceptors (Lipinski definition) is 3. The molecular formula is C11H14F2N2O2S. The first-order valence-corrected chi connectivity index (χ1v) is 7.12. The molecule has 1 aromatic rings. The molecule has 4 nitrogen and oxygen atoms in total. The zero-order chi connectivity index (χ0) is 13.3. The molecule has 100 valence electrons. The second kappa shape index (κ2) is 4.81. The van der Waals surface area contributed by atoms with E-state index in [2.05, 4.69) is 4.72 Å². The van der Waals surface area contributed by atoms with Crippen molar-refractivity contribution in [2.75, 3.05) is 12.3 Å². The van der Waals surface area contributed by atoms with Crippen molar-refractivity contribution in [3.05, 3.63) is 23.8 Å². The minimum atomic E-state index is -4.17. The molecule has 0 amide bonds. The summed E-state index contributed by atoms with van der Waals surface area (Å²) >= 11 is 0. The topological polar surface area (TPSA) is 72.2 Å². The molecule has 0 heterocycles. The van der Waals surface area contributed by atoms with Gasteiger partial charge in [-0.3, -0.25) is 0 Å². The maximum atomic E-state index is 13.5. The maximum absolute atomic E-state index is 13.5. The van der Waals surface area contributed by atoms with E-state index in [0.717, 1.165) is 31.4 Å². The Bertz CT molecular complexity index is 533. The van der Waals surface area contributed by atoms with E-state index in [4.69, 9.17) is 5.73 Å². The van der Waals surface area contributed by atoms with Gasteiger partial charge in [-0.05, 0) is 30.9 Å². The summed E-state index contributed by atoms with van der Waals surface area (Å²) in [5.41, 5.74) is 5.08. The van der Waals surface area contributed by atoms with Crippen LogP contribution in [0.2, 0.25) is 0 Å². The van der Waals surface area contributed by atoms with Crippen molar-refractivity contribution in [3.63, 3.8) is 0 Å². The predicted octanol–water partition coefficient (Wildman–Crippen LogP) is 1.63. The van der Waals surface area contributed by atoms with E-state index in [9.17, 15) is 17.2 Å². The van der Waals surface area contributed by atoms with Gasteiger partial charge in [0.2, 0.25) is 10.0 Å². The van der Waals surface area contributed by atoms with Gasteiger partial charge in [-0.1, -0.05) is 6.42 Å². The highest BCUT2D eigenvalue weighted by atomic mass is 32.2. The van der Waals surface area contributed by atoms with E-state index < -0.39 is 26.6 Å². The standard InChI is InChI=1S/C11H14F2N2O2S/c12-9-4-8(14)5-10(13)11(9)18(16,17)15-6-7-2-1-3-7/h4-5,7,15H,1-3,6,14H2. The highest BCUT2D eigenvalue weighted by Gasteiger charge is 2.26. The van der Waals surface area contributed by atoms with Crippen LogP contribution < -0.4 is 10.5 Å². The van der Waals surface area contributed by atoms with Crippen molar-refractivity contribution in [3.8, 4) is 0 Å². The smallest absolute Gasteiger partial charge is 0.246 e. The predicted molar refractivity (Wildman–Crippen MR) is 63.3 cm³/mol. The summed E-state index contributed by atoms with van der Waals surface area (Å²) in [6.07, 6.45) is 2.95. The Labute approximate surface area is 104 Å². The second-order valence-corrected chi connectivity index (χ2v) is 6.17. The Kier molecular flexibility index (Phi) is 3.54. The fourth-order valence-electron chi connectivity index (χ4n) is 1.83. The highest BCUT2D eigenvalue weighted by molar-refractivity contribution is 7.89. The van der Waals surface area contributed by atoms with Gasteiger partial charge < -0.3 is 5.73 Å². The molecule has 0 atom stereocenters. The fourth-order valence-corrected chi connectivity index (χ4v) is 3.06. The van der Waals surface area contributed by atoms with Crippen molar-refractivity contribution < 1.29 is 17.2 Å². The lowest BCUT2D eigenvalue weighted by Crippen LogP contribution is -2.33. The molecule has 0 spiro atoms. The molecule has 1 saturated carbocycles. The monoisotopic (exact) mass is 276 g/mol. The molecule has 2 rings (SSSR count). The third-order valence-corrected chi connectivity index (χ3v) is 4.55. The van der Waals surface area contributed by atoms with Gasteiger partial charge in [0.1, 0.15) is 11.6 Å². The lowest BCUT2D eigenvalue weighted by Gasteiger charge is -2.25. The number of halogens is 2. The molecular weight excluding hydrogens is 262 g/mol. The number of nitrogens with two attached hydrogens (primary N) is 1. The number of anilines is 1. The minimum Gasteiger partial charge on any atom is -0.399 e. The first-order valence-electron chi connectivity index (χ1n) is 5.64. The number of sulfonamides is 1. The molecule has 0 unspecified atom stereocenters. The summed E-state index contributed by atoms with van der Waals surface area (Å²) in [4.78, 5) is -0.962. The van der Waals surface area contributed by atoms with Gasteiger partial charge >= 0.3 is 0 Å². The van der Waals surface area contributed by atoms with E-state index in [1.54, 1.807) is 0 Å². The Hall–Kier alpha value is -1.21. The van der Waals surface area contributed by atoms with Crippen LogP contribution in [0.15, 0.2) is 17.0 Å². The van der Waals surface area contributed by atoms with E-state index in [1.807, 2.05) is 0 Å². The summed E-state index contributed by atoms with van der Waals surface area (Å²) in [6, 6.07) is 1.59. The van der Waals surface area contributed by atoms with Gasteiger partial charge in [0, 0.05) is 12.2 Å². The molecule has 0 bridgehead atoms. The summed E-state index contributed by atoms with van der Waals surface area (Å²) in [6.45, 7) is 0.214. The molecule has 18 heavy (non-hydrogen) atoms. The molecule has 1 aliphatic rings. The third-order valence-electron chi connectivity index (χ3n) is 3.08. The normalized spacial score (nSPS) is 16.6. The summed E-state index contributed by atoms with van der Waals surface area (Å²) in [7, 11) is -4.17. The summed E-state index contributed by atoms with van der Waals surface area (Å²) in [5, 5.41) is 0. The molecule has 0 aliphatic heterocycles. The third kappa shape index (κ3) is 2.62. The van der Waals surface area contributed by atoms with Crippen LogP contribution in [0.4, 0.5) is 14.5 Å². The average Bonchev–Trinajstić information content (AvgIpc) is 2.11. The zero-order valence-corrected chi connectivity index (χ0v) is 10.4. The van der Waals surface area contributed by atoms with E-state index in [-0.39, 0.29) is 18.2 Å². The largest absolute Gasteiger partial charge is 0.399 e. The molecule has 0 saturated heterocycles. The number of nitrogens with one attached hydrogen (secondary N) is 1. The highest BCUT2D eigenvalue weighted by Crippen LogP contribution is 2.26. The molecule has 0 aromatic heterocycles. The molecule has 1 fully saturated rings. The maximum Gasteiger partial charge on any atom is 0.246 e. The van der Waals surface area contributed by atoms with Crippen LogP contribution in [0.25, 0.3) is 0 Å². The van der Waals surface area contributed by atoms with Crippen molar-refractivity contribution in [2.24, 2.45) is 5.92 Å². The van der Waals surface area contributed by atoms with Gasteiger partial charge in [-0.25, -0.2) is 21.9 Å². The number of hydrogen-bond donors (Lipinski definition) is 2. The molecule has 1 aromatic carbocycles. The number of rotatable bonds is 4. The number of benzene rings is 1. The average molecular weight is 276 g/mol. The summed E-state index contributed by atoms with van der Waals surface area (Å²) in [5.74, 6) is -2.08. The summed E-state index contributed by atoms with van der Waals surface area (Å²) < 4.78 is 52.8. The first kappa shape index (κ1) is 13.2. The number of nitrogen functional groups attached to an aromatic ring is 1. The zero-order valence-electron chi connectivity index (χ0n) is 9.62. The second-order valence-electron chi connectivity index (χ2n) is 4.46. The fraction of sp³-hybridized carbons (Fsp3) is 0.455. The lowest BCUT2D eigenvalue weighted by atomic mass is 9.86. The Morgan fingerprint density at radius 1 is 1.28 bits per heavy atom. The van der Waals surface area contributed by atoms with Gasteiger partial charge in [-0.15, -0.1) is 0 Å². The van der Waals surface area contributed by atoms with Gasteiger partial charge in [-0.2, -0.15) is 0 Å². The van der Waals surface area contributed by atoms with Crippen molar-refractivity contribution in [1.29, 1.82) is 0 Å². The van der Waals surface area contributed by atoms with E-state index in [0.29, 0.717) is 0 Å². The van der Waals surface area contributed by atoms with E-state index >= 15 is 0 Å². The van der Waals surface area contributed by atoms with Crippen LogP contribution in [0.5, 0.6) is 0 Å². The van der Waals surface area contributed by atoms with Crippen LogP contribution in [0.1, 0.15) is 19.3 Å². The van der Waals surface area contributed by atoms with E-state index in [1.165, 1.54) is 0 Å². The Balaban J connectivity index is 2.23. The van der Waals surface area contributed by atoms with Crippen molar-refractivity contribution >= 4 is 15.7 Å². The van der Waals surface area contributed by atoms with Crippen LogP contribution in [-0.4, -0.2) is 15.0 Å². The van der Waals surface area contributed by atoms with Crippen LogP contribution in [0, 0.1) is 17.6 Å². The SMILES string of the molecule is Nc1cc(F)c(S(=O)(=O)NCC2CCC2)c(F)c1.